The van der Waals surface area contributed by atoms with Crippen LogP contribution in [0.15, 0.2) is 42.5 Å². The number of rotatable bonds is 5. The zero-order valence-electron chi connectivity index (χ0n) is 11.7. The van der Waals surface area contributed by atoms with Crippen molar-refractivity contribution in [1.29, 1.82) is 5.26 Å². The molecule has 0 spiro atoms. The standard InChI is InChI=1S/C17H16FNO2/c1-2-16(20)15-5-3-4-6-17(15)21-11-13-9-14(18)8-7-12(13)10-19/h3-9,16,20H,2,11H2,1H3/t16-/m0/s1. The number of halogens is 1. The number of nitrogens with zero attached hydrogens (tertiary/aromatic N) is 1. The number of aliphatic hydroxyl groups excluding tert-OH is 1. The van der Waals surface area contributed by atoms with Gasteiger partial charge in [-0.15, -0.1) is 0 Å². The molecule has 0 amide bonds. The molecule has 0 saturated heterocycles. The Hall–Kier alpha value is -2.38. The molecule has 0 fully saturated rings. The summed E-state index contributed by atoms with van der Waals surface area (Å²) in [5.41, 5.74) is 1.55. The van der Waals surface area contributed by atoms with Crippen LogP contribution in [0, 0.1) is 17.1 Å². The van der Waals surface area contributed by atoms with E-state index in [1.165, 1.54) is 18.2 Å². The molecule has 2 aromatic carbocycles. The Bertz CT molecular complexity index is 664. The molecule has 1 N–H and O–H groups in total. The summed E-state index contributed by atoms with van der Waals surface area (Å²) in [6.45, 7) is 1.95. The molecule has 2 rings (SSSR count). The highest BCUT2D eigenvalue weighted by Crippen LogP contribution is 2.27. The predicted molar refractivity (Wildman–Crippen MR) is 77.1 cm³/mol. The van der Waals surface area contributed by atoms with Gasteiger partial charge in [0.1, 0.15) is 18.2 Å². The van der Waals surface area contributed by atoms with Gasteiger partial charge in [-0.1, -0.05) is 25.1 Å². The van der Waals surface area contributed by atoms with Crippen LogP contribution in [0.25, 0.3) is 0 Å². The van der Waals surface area contributed by atoms with Gasteiger partial charge in [-0.05, 0) is 30.7 Å². The molecule has 0 unspecified atom stereocenters. The first kappa shape index (κ1) is 15.0. The lowest BCUT2D eigenvalue weighted by atomic mass is 10.1. The van der Waals surface area contributed by atoms with Crippen LogP contribution in [0.4, 0.5) is 4.39 Å². The number of hydrogen-bond acceptors (Lipinski definition) is 3. The Balaban J connectivity index is 2.21. The molecule has 3 nitrogen and oxygen atoms in total. The molecule has 0 heterocycles. The van der Waals surface area contributed by atoms with E-state index in [4.69, 9.17) is 10.00 Å². The summed E-state index contributed by atoms with van der Waals surface area (Å²) in [5, 5.41) is 19.0. The smallest absolute Gasteiger partial charge is 0.125 e. The zero-order chi connectivity index (χ0) is 15.2. The van der Waals surface area contributed by atoms with Crippen LogP contribution in [0.3, 0.4) is 0 Å². The van der Waals surface area contributed by atoms with Crippen molar-refractivity contribution >= 4 is 0 Å². The van der Waals surface area contributed by atoms with E-state index in [2.05, 4.69) is 0 Å². The van der Waals surface area contributed by atoms with Gasteiger partial charge in [0.2, 0.25) is 0 Å². The van der Waals surface area contributed by atoms with Gasteiger partial charge in [0.25, 0.3) is 0 Å². The molecular formula is C17H16FNO2. The van der Waals surface area contributed by atoms with E-state index in [1.807, 2.05) is 19.1 Å². The summed E-state index contributed by atoms with van der Waals surface area (Å²) in [7, 11) is 0. The third-order valence-electron chi connectivity index (χ3n) is 3.24. The lowest BCUT2D eigenvalue weighted by molar-refractivity contribution is 0.166. The first-order valence-electron chi connectivity index (χ1n) is 6.74. The maximum atomic E-state index is 13.3. The van der Waals surface area contributed by atoms with E-state index in [-0.39, 0.29) is 6.61 Å². The summed E-state index contributed by atoms with van der Waals surface area (Å²) in [5.74, 6) is 0.134. The Kier molecular flexibility index (Phi) is 4.91. The number of aliphatic hydroxyl groups is 1. The van der Waals surface area contributed by atoms with E-state index >= 15 is 0 Å². The van der Waals surface area contributed by atoms with Gasteiger partial charge in [0.05, 0.1) is 17.7 Å². The quantitative estimate of drug-likeness (QED) is 0.911. The summed E-state index contributed by atoms with van der Waals surface area (Å²) in [6.07, 6.45) is -0.0341. The Labute approximate surface area is 123 Å². The lowest BCUT2D eigenvalue weighted by Crippen LogP contribution is -2.04. The maximum Gasteiger partial charge on any atom is 0.125 e. The van der Waals surface area contributed by atoms with Crippen molar-refractivity contribution in [3.8, 4) is 11.8 Å². The van der Waals surface area contributed by atoms with Crippen LogP contribution in [0.2, 0.25) is 0 Å². The first-order chi connectivity index (χ1) is 10.2. The van der Waals surface area contributed by atoms with Crippen LogP contribution in [-0.4, -0.2) is 5.11 Å². The van der Waals surface area contributed by atoms with Gasteiger partial charge in [-0.3, -0.25) is 0 Å². The normalized spacial score (nSPS) is 11.7. The fourth-order valence-electron chi connectivity index (χ4n) is 2.05. The van der Waals surface area contributed by atoms with Gasteiger partial charge >= 0.3 is 0 Å². The van der Waals surface area contributed by atoms with E-state index in [0.717, 1.165) is 0 Å². The van der Waals surface area contributed by atoms with Crippen molar-refractivity contribution < 1.29 is 14.2 Å². The van der Waals surface area contributed by atoms with Crippen LogP contribution in [-0.2, 0) is 6.61 Å². The highest BCUT2D eigenvalue weighted by Gasteiger charge is 2.12. The van der Waals surface area contributed by atoms with E-state index in [0.29, 0.717) is 28.9 Å². The molecule has 1 atom stereocenters. The minimum atomic E-state index is -0.607. The Morgan fingerprint density at radius 1 is 1.29 bits per heavy atom. The number of ether oxygens (including phenoxy) is 1. The van der Waals surface area contributed by atoms with Gasteiger partial charge in [-0.25, -0.2) is 4.39 Å². The van der Waals surface area contributed by atoms with E-state index < -0.39 is 11.9 Å². The van der Waals surface area contributed by atoms with E-state index in [1.54, 1.807) is 18.2 Å². The van der Waals surface area contributed by atoms with Gasteiger partial charge in [0.15, 0.2) is 0 Å². The molecule has 108 valence electrons. The second-order valence-electron chi connectivity index (χ2n) is 4.66. The molecule has 0 aliphatic rings. The first-order valence-corrected chi connectivity index (χ1v) is 6.74. The van der Waals surface area contributed by atoms with Gasteiger partial charge in [0, 0.05) is 11.1 Å². The number of hydrogen-bond donors (Lipinski definition) is 1. The van der Waals surface area contributed by atoms with E-state index in [9.17, 15) is 9.50 Å². The highest BCUT2D eigenvalue weighted by molar-refractivity contribution is 5.39. The average molecular weight is 285 g/mol. The summed E-state index contributed by atoms with van der Waals surface area (Å²) < 4.78 is 18.9. The van der Waals surface area contributed by atoms with Crippen molar-refractivity contribution in [2.24, 2.45) is 0 Å². The minimum Gasteiger partial charge on any atom is -0.488 e. The zero-order valence-corrected chi connectivity index (χ0v) is 11.7. The van der Waals surface area contributed by atoms with Crippen molar-refractivity contribution in [3.05, 3.63) is 65.0 Å². The van der Waals surface area contributed by atoms with Crippen molar-refractivity contribution in [3.63, 3.8) is 0 Å². The largest absolute Gasteiger partial charge is 0.488 e. The predicted octanol–water partition coefficient (Wildman–Crippen LogP) is 3.72. The Morgan fingerprint density at radius 2 is 2.05 bits per heavy atom. The molecule has 0 aliphatic carbocycles. The van der Waals surface area contributed by atoms with Crippen molar-refractivity contribution in [1.82, 2.24) is 0 Å². The lowest BCUT2D eigenvalue weighted by Gasteiger charge is -2.15. The second-order valence-corrected chi connectivity index (χ2v) is 4.66. The Morgan fingerprint density at radius 3 is 2.76 bits per heavy atom. The molecule has 2 aromatic rings. The molecule has 0 radical (unpaired) electrons. The SMILES string of the molecule is CC[C@H](O)c1ccccc1OCc1cc(F)ccc1C#N. The molecular weight excluding hydrogens is 269 g/mol. The van der Waals surface area contributed by atoms with Gasteiger partial charge < -0.3 is 9.84 Å². The summed E-state index contributed by atoms with van der Waals surface area (Å²) in [6, 6.07) is 13.1. The van der Waals surface area contributed by atoms with Crippen molar-refractivity contribution in [2.45, 2.75) is 26.1 Å². The summed E-state index contributed by atoms with van der Waals surface area (Å²) in [4.78, 5) is 0. The molecule has 4 heteroatoms. The fourth-order valence-corrected chi connectivity index (χ4v) is 2.05. The minimum absolute atomic E-state index is 0.0775. The molecule has 0 aliphatic heterocycles. The monoisotopic (exact) mass is 285 g/mol. The maximum absolute atomic E-state index is 13.3. The topological polar surface area (TPSA) is 53.2 Å². The molecule has 0 aromatic heterocycles. The second kappa shape index (κ2) is 6.87. The summed E-state index contributed by atoms with van der Waals surface area (Å²) >= 11 is 0. The number of benzene rings is 2. The highest BCUT2D eigenvalue weighted by atomic mass is 19.1. The molecule has 0 bridgehead atoms. The number of para-hydroxylation sites is 1. The molecule has 21 heavy (non-hydrogen) atoms. The van der Waals surface area contributed by atoms with Crippen LogP contribution < -0.4 is 4.74 Å². The third-order valence-corrected chi connectivity index (χ3v) is 3.24. The van der Waals surface area contributed by atoms with Crippen LogP contribution in [0.5, 0.6) is 5.75 Å². The van der Waals surface area contributed by atoms with Crippen LogP contribution in [0.1, 0.15) is 36.1 Å². The molecule has 0 saturated carbocycles. The van der Waals surface area contributed by atoms with Crippen molar-refractivity contribution in [2.75, 3.05) is 0 Å². The number of nitriles is 1. The fraction of sp³-hybridized carbons (Fsp3) is 0.235. The van der Waals surface area contributed by atoms with Crippen LogP contribution >= 0.6 is 0 Å². The average Bonchev–Trinajstić information content (AvgIpc) is 2.52. The third kappa shape index (κ3) is 3.59. The van der Waals surface area contributed by atoms with Gasteiger partial charge in [-0.2, -0.15) is 5.26 Å².